The number of aromatic nitrogens is 1. The van der Waals surface area contributed by atoms with Gasteiger partial charge in [-0.3, -0.25) is 24.2 Å². The number of aliphatic imine (C=N–C) groups is 1. The first-order valence-electron chi connectivity index (χ1n) is 18.3. The van der Waals surface area contributed by atoms with Crippen LogP contribution in [-0.2, 0) is 32.1 Å². The van der Waals surface area contributed by atoms with Crippen molar-refractivity contribution in [1.82, 2.24) is 20.1 Å². The molecule has 1 aromatic heterocycles. The molecule has 3 aliphatic rings. The summed E-state index contributed by atoms with van der Waals surface area (Å²) < 4.78 is 5.86. The van der Waals surface area contributed by atoms with Crippen LogP contribution in [0.1, 0.15) is 92.9 Å². The fourth-order valence-corrected chi connectivity index (χ4v) is 6.81. The van der Waals surface area contributed by atoms with Crippen molar-refractivity contribution in [3.05, 3.63) is 70.6 Å². The van der Waals surface area contributed by atoms with Gasteiger partial charge in [0.2, 0.25) is 11.8 Å². The van der Waals surface area contributed by atoms with Gasteiger partial charge >= 0.3 is 12.1 Å². The van der Waals surface area contributed by atoms with E-state index in [0.29, 0.717) is 85.6 Å². The largest absolute Gasteiger partial charge is 0.480 e. The number of amidine groups is 1. The predicted molar refractivity (Wildman–Crippen MR) is 200 cm³/mol. The smallest absolute Gasteiger partial charge is 0.410 e. The first kappa shape index (κ1) is 38.7. The fraction of sp³-hybridized carbons (Fsp3) is 0.462. The molecule has 0 fully saturated rings. The third-order valence-electron chi connectivity index (χ3n) is 9.76. The molecular formula is C39H49N7O7. The van der Waals surface area contributed by atoms with Gasteiger partial charge in [-0.15, -0.1) is 0 Å². The van der Waals surface area contributed by atoms with E-state index in [1.165, 1.54) is 0 Å². The molecular weight excluding hydrogens is 678 g/mol. The van der Waals surface area contributed by atoms with Gasteiger partial charge in [-0.2, -0.15) is 0 Å². The molecule has 1 aromatic carbocycles. The molecule has 14 heteroatoms. The predicted octanol–water partition coefficient (Wildman–Crippen LogP) is 4.96. The van der Waals surface area contributed by atoms with Gasteiger partial charge in [0.25, 0.3) is 5.91 Å². The lowest BCUT2D eigenvalue weighted by molar-refractivity contribution is -0.140. The molecule has 2 aliphatic heterocycles. The zero-order chi connectivity index (χ0) is 38.1. The van der Waals surface area contributed by atoms with Gasteiger partial charge in [0.1, 0.15) is 18.5 Å². The van der Waals surface area contributed by atoms with E-state index in [1.54, 1.807) is 48.4 Å². The van der Waals surface area contributed by atoms with Crippen LogP contribution in [0.15, 0.2) is 53.2 Å². The van der Waals surface area contributed by atoms with Crippen LogP contribution in [0, 0.1) is 5.41 Å². The summed E-state index contributed by atoms with van der Waals surface area (Å²) >= 11 is 0. The number of pyridine rings is 1. The number of aliphatic carboxylic acids is 1. The Morgan fingerprint density at radius 2 is 1.89 bits per heavy atom. The van der Waals surface area contributed by atoms with Crippen molar-refractivity contribution in [3.63, 3.8) is 0 Å². The highest BCUT2D eigenvalue weighted by Gasteiger charge is 2.35. The lowest BCUT2D eigenvalue weighted by Gasteiger charge is -2.32. The Morgan fingerprint density at radius 1 is 1.11 bits per heavy atom. The number of nitrogens with one attached hydrogen (secondary N) is 2. The van der Waals surface area contributed by atoms with E-state index in [2.05, 4.69) is 20.6 Å². The molecule has 5 N–H and O–H groups in total. The molecule has 0 unspecified atom stereocenters. The molecule has 0 radical (unpaired) electrons. The summed E-state index contributed by atoms with van der Waals surface area (Å²) in [5.41, 5.74) is 9.63. The molecule has 282 valence electrons. The second kappa shape index (κ2) is 17.3. The van der Waals surface area contributed by atoms with Crippen LogP contribution in [0.2, 0.25) is 0 Å². The number of carboxylic acid groups (broad SMARTS) is 1. The van der Waals surface area contributed by atoms with E-state index >= 15 is 0 Å². The van der Waals surface area contributed by atoms with Gasteiger partial charge in [0.05, 0.1) is 24.1 Å². The quantitative estimate of drug-likeness (QED) is 0.231. The number of fused-ring (bicyclic) bond motifs is 2. The third kappa shape index (κ3) is 9.87. The number of carbonyl (C=O) groups is 5. The maximum absolute atomic E-state index is 13.4. The highest BCUT2D eigenvalue weighted by Crippen LogP contribution is 2.34. The number of nitrogens with two attached hydrogens (primary N) is 1. The Bertz CT molecular complexity index is 1830. The van der Waals surface area contributed by atoms with Crippen molar-refractivity contribution in [1.29, 1.82) is 0 Å². The number of hydrogen-bond donors (Lipinski definition) is 4. The first-order chi connectivity index (χ1) is 25.4. The Morgan fingerprint density at radius 3 is 2.62 bits per heavy atom. The summed E-state index contributed by atoms with van der Waals surface area (Å²) in [4.78, 5) is 76.2. The van der Waals surface area contributed by atoms with Crippen LogP contribution in [0.5, 0.6) is 0 Å². The van der Waals surface area contributed by atoms with Crippen LogP contribution in [-0.4, -0.2) is 87.8 Å². The van der Waals surface area contributed by atoms with E-state index in [0.717, 1.165) is 24.1 Å². The van der Waals surface area contributed by atoms with Crippen LogP contribution in [0.25, 0.3) is 6.08 Å². The van der Waals surface area contributed by atoms with Crippen molar-refractivity contribution in [2.75, 3.05) is 31.5 Å². The first-order valence-corrected chi connectivity index (χ1v) is 18.3. The maximum atomic E-state index is 13.4. The van der Waals surface area contributed by atoms with Gasteiger partial charge in [0, 0.05) is 60.3 Å². The average molecular weight is 728 g/mol. The van der Waals surface area contributed by atoms with Gasteiger partial charge in [-0.25, -0.2) is 9.79 Å². The van der Waals surface area contributed by atoms with Crippen molar-refractivity contribution in [2.24, 2.45) is 16.1 Å². The van der Waals surface area contributed by atoms with Crippen LogP contribution >= 0.6 is 0 Å². The highest BCUT2D eigenvalue weighted by molar-refractivity contribution is 6.08. The van der Waals surface area contributed by atoms with E-state index in [-0.39, 0.29) is 30.7 Å². The maximum Gasteiger partial charge on any atom is 0.410 e. The molecule has 14 nitrogen and oxygen atoms in total. The summed E-state index contributed by atoms with van der Waals surface area (Å²) in [7, 11) is 0. The summed E-state index contributed by atoms with van der Waals surface area (Å²) in [5, 5.41) is 14.3. The number of carbonyl (C=O) groups excluding carboxylic acids is 4. The van der Waals surface area contributed by atoms with Gasteiger partial charge < -0.3 is 36.0 Å². The van der Waals surface area contributed by atoms with Crippen LogP contribution in [0.4, 0.5) is 16.2 Å². The zero-order valence-corrected chi connectivity index (χ0v) is 30.7. The minimum absolute atomic E-state index is 0.0605. The molecule has 0 spiro atoms. The second-order valence-corrected chi connectivity index (χ2v) is 14.0. The van der Waals surface area contributed by atoms with Gasteiger partial charge in [-0.05, 0) is 74.4 Å². The monoisotopic (exact) mass is 727 g/mol. The third-order valence-corrected chi connectivity index (χ3v) is 9.76. The number of carboxylic acids is 1. The highest BCUT2D eigenvalue weighted by atomic mass is 16.6. The molecule has 53 heavy (non-hydrogen) atoms. The number of anilines is 1. The molecule has 3 heterocycles. The van der Waals surface area contributed by atoms with E-state index in [4.69, 9.17) is 15.6 Å². The molecule has 0 saturated heterocycles. The van der Waals surface area contributed by atoms with Crippen LogP contribution < -0.4 is 16.4 Å². The number of ether oxygens (including phenoxy) is 1. The Labute approximate surface area is 309 Å². The van der Waals surface area contributed by atoms with Gasteiger partial charge in [-0.1, -0.05) is 32.9 Å². The minimum Gasteiger partial charge on any atom is -0.480 e. The molecule has 0 bridgehead atoms. The van der Waals surface area contributed by atoms with E-state index in [1.807, 2.05) is 30.9 Å². The SMILES string of the molecule is CCCN(CCC)C(=O)C1=Cc2ccc(C(=O)Nc3cnc4c(c3)CN(C(=O)O[C@H]3/C=C/CC[C@@](C)(C(=O)NCC(=O)O)CC3)CC4)cc2N=C(N)C1. The summed E-state index contributed by atoms with van der Waals surface area (Å²) in [5.74, 6) is -1.59. The second-order valence-electron chi connectivity index (χ2n) is 14.0. The molecule has 1 aliphatic carbocycles. The van der Waals surface area contributed by atoms with Crippen molar-refractivity contribution >= 4 is 53.1 Å². The number of allylic oxidation sites excluding steroid dienone is 1. The minimum atomic E-state index is -1.11. The summed E-state index contributed by atoms with van der Waals surface area (Å²) in [6, 6.07) is 6.89. The van der Waals surface area contributed by atoms with Crippen LogP contribution in [0.3, 0.4) is 0 Å². The standard InChI is InChI=1S/C39H49N7O7/c1-4-15-45(16-5-2)36(50)27-18-25-9-10-26(20-32(25)44-33(40)21-27)35(49)43-29-19-28-24-46(17-12-31(28)41-22-29)38(52)53-30-8-6-7-13-39(3,14-11-30)37(51)42-23-34(47)48/h6,8-10,18-20,22,30H,4-5,7,11-17,21,23-24H2,1-3H3,(H2,40,44)(H,42,51)(H,43,49)(H,47,48)/b8-6+/t30-,39+/m0/s1. The topological polar surface area (TPSA) is 197 Å². The number of rotatable bonds is 11. The molecule has 0 saturated carbocycles. The van der Waals surface area contributed by atoms with E-state index in [9.17, 15) is 24.0 Å². The lowest BCUT2D eigenvalue weighted by Crippen LogP contribution is -2.42. The molecule has 5 rings (SSSR count). The van der Waals surface area contributed by atoms with Crippen molar-refractivity contribution < 1.29 is 33.8 Å². The Kier molecular flexibility index (Phi) is 12.6. The molecule has 4 amide bonds. The fourth-order valence-electron chi connectivity index (χ4n) is 6.81. The van der Waals surface area contributed by atoms with Crippen molar-refractivity contribution in [3.8, 4) is 0 Å². The Hall–Kier alpha value is -5.53. The molecule has 2 aromatic rings. The molecule has 2 atom stereocenters. The Balaban J connectivity index is 1.22. The summed E-state index contributed by atoms with van der Waals surface area (Å²) in [6.07, 6.45) is 10.5. The number of nitrogens with zero attached hydrogens (tertiary/aromatic N) is 4. The van der Waals surface area contributed by atoms with Gasteiger partial charge in [0.15, 0.2) is 0 Å². The number of benzene rings is 1. The average Bonchev–Trinajstić information content (AvgIpc) is 3.30. The number of amides is 4. The summed E-state index contributed by atoms with van der Waals surface area (Å²) in [6.45, 7) is 7.40. The lowest BCUT2D eigenvalue weighted by atomic mass is 9.78. The van der Waals surface area contributed by atoms with E-state index < -0.39 is 30.1 Å². The zero-order valence-electron chi connectivity index (χ0n) is 30.7. The number of hydrogen-bond acceptors (Lipinski definition) is 9. The van der Waals surface area contributed by atoms with Crippen molar-refractivity contribution in [2.45, 2.75) is 84.8 Å². The normalized spacial score (nSPS) is 20.1.